The third-order valence-electron chi connectivity index (χ3n) is 4.27. The molecule has 0 saturated carbocycles. The Balaban J connectivity index is 2.12. The number of esters is 1. The maximum Gasteiger partial charge on any atom is 0.338 e. The number of carbonyl (C=O) groups excluding carboxylic acids is 2. The molecule has 2 heterocycles. The van der Waals surface area contributed by atoms with Crippen LogP contribution < -0.4 is 0 Å². The molecule has 1 fully saturated rings. The summed E-state index contributed by atoms with van der Waals surface area (Å²) in [7, 11) is 0. The highest BCUT2D eigenvalue weighted by Crippen LogP contribution is 2.44. The third-order valence-corrected chi connectivity index (χ3v) is 6.12. The molecule has 0 aliphatic carbocycles. The van der Waals surface area contributed by atoms with Crippen LogP contribution in [-0.2, 0) is 14.3 Å². The molecule has 2 atom stereocenters. The minimum atomic E-state index is -0.515. The molecule has 3 rings (SSSR count). The van der Waals surface area contributed by atoms with E-state index in [1.807, 2.05) is 45.0 Å². The van der Waals surface area contributed by atoms with E-state index in [1.54, 1.807) is 11.8 Å². The summed E-state index contributed by atoms with van der Waals surface area (Å²) in [4.78, 5) is 32.0. The molecule has 0 N–H and O–H groups in total. The fraction of sp³-hybridized carbons (Fsp3) is 0.421. The van der Waals surface area contributed by atoms with E-state index in [0.717, 1.165) is 16.5 Å². The van der Waals surface area contributed by atoms with E-state index in [4.69, 9.17) is 4.74 Å². The van der Waals surface area contributed by atoms with E-state index in [9.17, 15) is 9.59 Å². The molecular weight excluding hydrogens is 416 g/mol. The first-order valence-electron chi connectivity index (χ1n) is 8.59. The summed E-state index contributed by atoms with van der Waals surface area (Å²) in [6, 6.07) is 7.15. The Kier molecular flexibility index (Phi) is 5.58. The third kappa shape index (κ3) is 3.47. The van der Waals surface area contributed by atoms with Crippen LogP contribution in [0, 0.1) is 0 Å². The molecular formula is C19H21BrN2O3S. The number of hydrogen-bond donors (Lipinski definition) is 0. The number of nitrogens with zero attached hydrogens (tertiary/aromatic N) is 2. The Hall–Kier alpha value is -1.60. The van der Waals surface area contributed by atoms with Crippen molar-refractivity contribution >= 4 is 44.7 Å². The van der Waals surface area contributed by atoms with Gasteiger partial charge < -0.3 is 4.74 Å². The molecule has 0 spiro atoms. The number of amides is 1. The van der Waals surface area contributed by atoms with E-state index in [-0.39, 0.29) is 17.3 Å². The lowest BCUT2D eigenvalue weighted by Gasteiger charge is -2.33. The van der Waals surface area contributed by atoms with Gasteiger partial charge in [-0.15, -0.1) is 0 Å². The largest absolute Gasteiger partial charge is 0.459 e. The van der Waals surface area contributed by atoms with Gasteiger partial charge in [-0.2, -0.15) is 0 Å². The normalized spacial score (nSPS) is 22.6. The van der Waals surface area contributed by atoms with Crippen LogP contribution >= 0.6 is 27.7 Å². The van der Waals surface area contributed by atoms with E-state index >= 15 is 0 Å². The Labute approximate surface area is 166 Å². The summed E-state index contributed by atoms with van der Waals surface area (Å²) in [6.45, 7) is 7.41. The Morgan fingerprint density at radius 2 is 2.00 bits per heavy atom. The van der Waals surface area contributed by atoms with Crippen LogP contribution in [0.4, 0.5) is 0 Å². The first-order chi connectivity index (χ1) is 12.3. The number of carbonyl (C=O) groups is 2. The minimum Gasteiger partial charge on any atom is -0.459 e. The maximum absolute atomic E-state index is 13.0. The van der Waals surface area contributed by atoms with Gasteiger partial charge in [-0.05, 0) is 44.9 Å². The lowest BCUT2D eigenvalue weighted by atomic mass is 9.94. The molecule has 7 heteroatoms. The number of ether oxygens (including phenoxy) is 1. The van der Waals surface area contributed by atoms with E-state index < -0.39 is 12.0 Å². The second-order valence-electron chi connectivity index (χ2n) is 6.52. The number of amidine groups is 1. The van der Waals surface area contributed by atoms with E-state index in [0.29, 0.717) is 16.4 Å². The van der Waals surface area contributed by atoms with Gasteiger partial charge >= 0.3 is 5.97 Å². The van der Waals surface area contributed by atoms with Gasteiger partial charge in [0.25, 0.3) is 0 Å². The van der Waals surface area contributed by atoms with Crippen molar-refractivity contribution in [1.29, 1.82) is 0 Å². The minimum absolute atomic E-state index is 0.00786. The first kappa shape index (κ1) is 19.2. The molecule has 26 heavy (non-hydrogen) atoms. The van der Waals surface area contributed by atoms with Crippen molar-refractivity contribution in [3.8, 4) is 0 Å². The van der Waals surface area contributed by atoms with Gasteiger partial charge in [0.2, 0.25) is 5.91 Å². The summed E-state index contributed by atoms with van der Waals surface area (Å²) in [6.07, 6.45) is 0.475. The monoisotopic (exact) mass is 436 g/mol. The molecule has 1 aromatic carbocycles. The zero-order chi connectivity index (χ0) is 19.0. The van der Waals surface area contributed by atoms with Gasteiger partial charge in [-0.1, -0.05) is 46.7 Å². The molecule has 0 radical (unpaired) electrons. The van der Waals surface area contributed by atoms with Gasteiger partial charge in [0.1, 0.15) is 0 Å². The van der Waals surface area contributed by atoms with Crippen molar-refractivity contribution in [3.63, 3.8) is 0 Å². The predicted octanol–water partition coefficient (Wildman–Crippen LogP) is 4.44. The fourth-order valence-corrected chi connectivity index (χ4v) is 4.49. The van der Waals surface area contributed by atoms with Crippen molar-refractivity contribution in [2.75, 3.05) is 0 Å². The smallest absolute Gasteiger partial charge is 0.338 e. The summed E-state index contributed by atoms with van der Waals surface area (Å²) in [5.74, 6) is -0.433. The fourth-order valence-electron chi connectivity index (χ4n) is 3.09. The number of allylic oxidation sites excluding steroid dienone is 1. The molecule has 0 aromatic heterocycles. The second-order valence-corrected chi connectivity index (χ2v) is 8.61. The quantitative estimate of drug-likeness (QED) is 0.654. The number of hydrogen-bond acceptors (Lipinski definition) is 5. The van der Waals surface area contributed by atoms with Gasteiger partial charge in [0.15, 0.2) is 5.17 Å². The molecule has 0 bridgehead atoms. The molecule has 138 valence electrons. The standard InChI is InChI=1S/C19H21BrN2O3S/c1-5-14-17(23)22-16(12-6-8-13(20)9-7-12)15(18(24)25-10(2)3)11(4)21-19(22)26-14/h6-10,14,16H,5H2,1-4H3/t14-,16+/m1/s1. The van der Waals surface area contributed by atoms with Gasteiger partial charge in [-0.3, -0.25) is 9.69 Å². The van der Waals surface area contributed by atoms with Crippen LogP contribution in [0.3, 0.4) is 0 Å². The number of halogens is 1. The number of benzene rings is 1. The molecule has 5 nitrogen and oxygen atoms in total. The lowest BCUT2D eigenvalue weighted by Crippen LogP contribution is -2.41. The number of rotatable bonds is 4. The van der Waals surface area contributed by atoms with Gasteiger partial charge in [-0.25, -0.2) is 9.79 Å². The summed E-state index contributed by atoms with van der Waals surface area (Å²) >= 11 is 4.90. The van der Waals surface area contributed by atoms with Crippen molar-refractivity contribution in [2.45, 2.75) is 51.5 Å². The van der Waals surface area contributed by atoms with Crippen LogP contribution in [0.15, 0.2) is 45.0 Å². The first-order valence-corrected chi connectivity index (χ1v) is 10.3. The summed E-state index contributed by atoms with van der Waals surface area (Å²) in [5, 5.41) is 0.494. The SMILES string of the molecule is CC[C@H]1SC2=NC(C)=C(C(=O)OC(C)C)[C@H](c3ccc(Br)cc3)N2C1=O. The van der Waals surface area contributed by atoms with E-state index in [2.05, 4.69) is 20.9 Å². The van der Waals surface area contributed by atoms with Crippen LogP contribution in [-0.4, -0.2) is 33.3 Å². The van der Waals surface area contributed by atoms with Crippen molar-refractivity contribution in [3.05, 3.63) is 45.6 Å². The zero-order valence-corrected chi connectivity index (χ0v) is 17.6. The lowest BCUT2D eigenvalue weighted by molar-refractivity contribution is -0.143. The maximum atomic E-state index is 13.0. The molecule has 1 saturated heterocycles. The molecule has 2 aliphatic heterocycles. The Bertz CT molecular complexity index is 802. The Morgan fingerprint density at radius 3 is 2.58 bits per heavy atom. The topological polar surface area (TPSA) is 59.0 Å². The molecule has 1 aromatic rings. The van der Waals surface area contributed by atoms with Gasteiger partial charge in [0, 0.05) is 4.47 Å². The highest BCUT2D eigenvalue weighted by Gasteiger charge is 2.47. The van der Waals surface area contributed by atoms with Crippen LogP contribution in [0.25, 0.3) is 0 Å². The van der Waals surface area contributed by atoms with Crippen molar-refractivity contribution in [1.82, 2.24) is 4.90 Å². The average Bonchev–Trinajstić information content (AvgIpc) is 2.89. The van der Waals surface area contributed by atoms with Crippen LogP contribution in [0.1, 0.15) is 45.7 Å². The molecule has 1 amide bonds. The highest BCUT2D eigenvalue weighted by molar-refractivity contribution is 9.10. The van der Waals surface area contributed by atoms with E-state index in [1.165, 1.54) is 11.8 Å². The molecule has 0 unspecified atom stereocenters. The second kappa shape index (κ2) is 7.56. The van der Waals surface area contributed by atoms with Crippen LogP contribution in [0.2, 0.25) is 0 Å². The summed E-state index contributed by atoms with van der Waals surface area (Å²) < 4.78 is 6.39. The molecule has 2 aliphatic rings. The zero-order valence-electron chi connectivity index (χ0n) is 15.2. The Morgan fingerprint density at radius 1 is 1.35 bits per heavy atom. The van der Waals surface area contributed by atoms with Crippen molar-refractivity contribution in [2.24, 2.45) is 4.99 Å². The highest BCUT2D eigenvalue weighted by atomic mass is 79.9. The number of thioether (sulfide) groups is 1. The van der Waals surface area contributed by atoms with Crippen molar-refractivity contribution < 1.29 is 14.3 Å². The summed E-state index contributed by atoms with van der Waals surface area (Å²) in [5.41, 5.74) is 1.89. The number of fused-ring (bicyclic) bond motifs is 1. The number of aliphatic imine (C=N–C) groups is 1. The van der Waals surface area contributed by atoms with Gasteiger partial charge in [0.05, 0.1) is 28.7 Å². The predicted molar refractivity (Wildman–Crippen MR) is 107 cm³/mol. The average molecular weight is 437 g/mol. The van der Waals surface area contributed by atoms with Crippen LogP contribution in [0.5, 0.6) is 0 Å².